The Morgan fingerprint density at radius 3 is 2.38 bits per heavy atom. The summed E-state index contributed by atoms with van der Waals surface area (Å²) in [6.45, 7) is 4.31. The summed E-state index contributed by atoms with van der Waals surface area (Å²) >= 11 is 0. The lowest BCUT2D eigenvalue weighted by molar-refractivity contribution is -0.613. The van der Waals surface area contributed by atoms with Gasteiger partial charge in [-0.1, -0.05) is 13.8 Å². The molecule has 1 fully saturated rings. The minimum Gasteiger partial charge on any atom is -0.618 e. The number of hydrogen-bond acceptors (Lipinski definition) is 6. The molecule has 3 rings (SSSR count). The monoisotopic (exact) mass is 493 g/mol. The van der Waals surface area contributed by atoms with Crippen molar-refractivity contribution >= 4 is 11.8 Å². The molecule has 13 heteroatoms. The molecular weight excluding hydrogens is 468 g/mol. The van der Waals surface area contributed by atoms with Crippen LogP contribution in [0.25, 0.3) is 0 Å². The predicted octanol–water partition coefficient (Wildman–Crippen LogP) is 4.42. The second-order valence-electron chi connectivity index (χ2n) is 9.11. The van der Waals surface area contributed by atoms with Crippen molar-refractivity contribution in [1.29, 1.82) is 0 Å². The molecule has 0 aliphatic heterocycles. The van der Waals surface area contributed by atoms with E-state index < -0.39 is 59.0 Å². The zero-order chi connectivity index (χ0) is 25.5. The number of hydrogen-bond donors (Lipinski definition) is 3. The number of rotatable bonds is 5. The molecule has 34 heavy (non-hydrogen) atoms. The van der Waals surface area contributed by atoms with Gasteiger partial charge in [-0.05, 0) is 24.7 Å². The average Bonchev–Trinajstić information content (AvgIpc) is 2.69. The van der Waals surface area contributed by atoms with Crippen molar-refractivity contribution in [2.45, 2.75) is 71.1 Å². The van der Waals surface area contributed by atoms with Crippen molar-refractivity contribution in [2.24, 2.45) is 5.41 Å². The second-order valence-corrected chi connectivity index (χ2v) is 9.11. The third kappa shape index (κ3) is 5.80. The zero-order valence-electron chi connectivity index (χ0n) is 18.7. The summed E-state index contributed by atoms with van der Waals surface area (Å²) in [5, 5.41) is 27.1. The number of aromatic nitrogens is 3. The van der Waals surface area contributed by atoms with Gasteiger partial charge in [0.15, 0.2) is 11.9 Å². The van der Waals surface area contributed by atoms with Gasteiger partial charge in [-0.15, -0.1) is 0 Å². The average molecular weight is 493 g/mol. The van der Waals surface area contributed by atoms with Gasteiger partial charge in [0.05, 0.1) is 11.7 Å². The highest BCUT2D eigenvalue weighted by Gasteiger charge is 2.39. The van der Waals surface area contributed by atoms with Gasteiger partial charge in [-0.2, -0.15) is 36.1 Å². The van der Waals surface area contributed by atoms with Crippen LogP contribution in [0.3, 0.4) is 0 Å². The van der Waals surface area contributed by atoms with Gasteiger partial charge in [-0.3, -0.25) is 0 Å². The fraction of sp³-hybridized carbons (Fsp3) is 0.571. The summed E-state index contributed by atoms with van der Waals surface area (Å²) in [6.07, 6.45) is -7.59. The Balaban J connectivity index is 1.87. The molecule has 2 aromatic heterocycles. The topological polar surface area (TPSA) is 97.0 Å². The Morgan fingerprint density at radius 1 is 1.15 bits per heavy atom. The van der Waals surface area contributed by atoms with E-state index in [-0.39, 0.29) is 16.4 Å². The van der Waals surface area contributed by atoms with E-state index in [2.05, 4.69) is 20.6 Å². The number of aryl methyl sites for hydroxylation is 1. The summed E-state index contributed by atoms with van der Waals surface area (Å²) < 4.78 is 80.9. The van der Waals surface area contributed by atoms with Gasteiger partial charge in [-0.25, -0.2) is 4.98 Å². The number of halogens is 6. The van der Waals surface area contributed by atoms with Crippen LogP contribution in [0.4, 0.5) is 38.1 Å². The van der Waals surface area contributed by atoms with Crippen LogP contribution in [0.5, 0.6) is 0 Å². The van der Waals surface area contributed by atoms with Gasteiger partial charge in [0.1, 0.15) is 11.4 Å². The highest BCUT2D eigenvalue weighted by Crippen LogP contribution is 2.39. The molecule has 2 aromatic rings. The second kappa shape index (κ2) is 9.08. The van der Waals surface area contributed by atoms with E-state index in [0.29, 0.717) is 31.5 Å². The Kier molecular flexibility index (Phi) is 6.89. The van der Waals surface area contributed by atoms with E-state index in [9.17, 15) is 36.7 Å². The minimum absolute atomic E-state index is 0.158. The lowest BCUT2D eigenvalue weighted by atomic mass is 9.73. The first kappa shape index (κ1) is 25.8. The van der Waals surface area contributed by atoms with E-state index in [1.54, 1.807) is 0 Å². The third-order valence-corrected chi connectivity index (χ3v) is 5.96. The molecule has 2 heterocycles. The fourth-order valence-electron chi connectivity index (χ4n) is 3.98. The lowest BCUT2D eigenvalue weighted by Crippen LogP contribution is -2.41. The van der Waals surface area contributed by atoms with Gasteiger partial charge in [0, 0.05) is 37.3 Å². The summed E-state index contributed by atoms with van der Waals surface area (Å²) in [5.74, 6) is -0.849. The van der Waals surface area contributed by atoms with Crippen LogP contribution < -0.4 is 15.4 Å². The maximum Gasteiger partial charge on any atom is 0.421 e. The maximum absolute atomic E-state index is 13.5. The summed E-state index contributed by atoms with van der Waals surface area (Å²) in [6, 6.07) is 0.291. The molecular formula is C21H25F6N5O2. The van der Waals surface area contributed by atoms with E-state index in [0.717, 1.165) is 6.20 Å². The summed E-state index contributed by atoms with van der Waals surface area (Å²) in [7, 11) is 0. The molecule has 0 radical (unpaired) electrons. The standard InChI is InChI=1S/C21H25F6N5O2/c1-11-6-14(20(22,23)24)12(10-32(11)34)8-28-18-29-9-15(21(25,26)27)17(31-18)30-13-4-5-16(33)19(2,3)7-13/h6,9-10,13,16,33H,4-5,7-8H2,1-3H3,(H2,28,29,30,31)/t13-,16+/m1/s1. The highest BCUT2D eigenvalue weighted by atomic mass is 19.4. The quantitative estimate of drug-likeness (QED) is 0.324. The number of pyridine rings is 1. The molecule has 2 atom stereocenters. The fourth-order valence-corrected chi connectivity index (χ4v) is 3.98. The van der Waals surface area contributed by atoms with Crippen LogP contribution in [0.2, 0.25) is 0 Å². The normalized spacial score (nSPS) is 20.8. The van der Waals surface area contributed by atoms with Crippen LogP contribution in [0.15, 0.2) is 18.5 Å². The number of nitrogens with zero attached hydrogens (tertiary/aromatic N) is 3. The largest absolute Gasteiger partial charge is 0.618 e. The molecule has 0 amide bonds. The molecule has 3 N–H and O–H groups in total. The van der Waals surface area contributed by atoms with E-state index in [1.807, 2.05) is 13.8 Å². The Labute approximate surface area is 191 Å². The van der Waals surface area contributed by atoms with Gasteiger partial charge in [0.25, 0.3) is 0 Å². The van der Waals surface area contributed by atoms with Gasteiger partial charge < -0.3 is 20.9 Å². The van der Waals surface area contributed by atoms with Crippen molar-refractivity contribution in [3.63, 3.8) is 0 Å². The number of anilines is 2. The van der Waals surface area contributed by atoms with E-state index in [4.69, 9.17) is 0 Å². The van der Waals surface area contributed by atoms with Crippen LogP contribution in [-0.4, -0.2) is 27.2 Å². The molecule has 0 aromatic carbocycles. The summed E-state index contributed by atoms with van der Waals surface area (Å²) in [4.78, 5) is 7.46. The lowest BCUT2D eigenvalue weighted by Gasteiger charge is -2.40. The predicted molar refractivity (Wildman–Crippen MR) is 111 cm³/mol. The molecule has 188 valence electrons. The Hall–Kier alpha value is -2.83. The molecule has 1 saturated carbocycles. The number of aliphatic hydroxyl groups is 1. The first-order valence-corrected chi connectivity index (χ1v) is 10.5. The van der Waals surface area contributed by atoms with Crippen molar-refractivity contribution in [3.05, 3.63) is 46.1 Å². The zero-order valence-corrected chi connectivity index (χ0v) is 18.7. The van der Waals surface area contributed by atoms with Crippen molar-refractivity contribution in [3.8, 4) is 0 Å². The van der Waals surface area contributed by atoms with Gasteiger partial charge in [0.2, 0.25) is 5.95 Å². The SMILES string of the molecule is Cc1cc(C(F)(F)F)c(CNc2ncc(C(F)(F)F)c(N[C@@H]3CC[C@H](O)C(C)(C)C3)n2)c[n+]1[O-]. The van der Waals surface area contributed by atoms with E-state index >= 15 is 0 Å². The number of aliphatic hydroxyl groups excluding tert-OH is 1. The number of nitrogens with one attached hydrogen (secondary N) is 2. The van der Waals surface area contributed by atoms with Crippen LogP contribution in [0.1, 0.15) is 55.5 Å². The first-order chi connectivity index (χ1) is 15.6. The van der Waals surface area contributed by atoms with E-state index in [1.165, 1.54) is 6.92 Å². The molecule has 0 saturated heterocycles. The maximum atomic E-state index is 13.5. The summed E-state index contributed by atoms with van der Waals surface area (Å²) in [5.41, 5.74) is -3.25. The highest BCUT2D eigenvalue weighted by molar-refractivity contribution is 5.49. The van der Waals surface area contributed by atoms with Crippen molar-refractivity contribution in [1.82, 2.24) is 9.97 Å². The Morgan fingerprint density at radius 2 is 1.79 bits per heavy atom. The van der Waals surface area contributed by atoms with Crippen LogP contribution in [-0.2, 0) is 18.9 Å². The third-order valence-electron chi connectivity index (χ3n) is 5.96. The first-order valence-electron chi connectivity index (χ1n) is 10.5. The minimum atomic E-state index is -4.76. The van der Waals surface area contributed by atoms with Gasteiger partial charge >= 0.3 is 12.4 Å². The van der Waals surface area contributed by atoms with Crippen molar-refractivity contribution in [2.75, 3.05) is 10.6 Å². The van der Waals surface area contributed by atoms with Crippen LogP contribution in [0, 0.1) is 17.5 Å². The van der Waals surface area contributed by atoms with Crippen LogP contribution >= 0.6 is 0 Å². The molecule has 0 unspecified atom stereocenters. The van der Waals surface area contributed by atoms with Crippen molar-refractivity contribution < 1.29 is 36.2 Å². The Bertz CT molecular complexity index is 1040. The molecule has 1 aliphatic rings. The smallest absolute Gasteiger partial charge is 0.421 e. The molecule has 0 bridgehead atoms. The molecule has 7 nitrogen and oxygen atoms in total. The molecule has 1 aliphatic carbocycles. The number of alkyl halides is 6. The molecule has 0 spiro atoms.